The fourth-order valence-electron chi connectivity index (χ4n) is 1.60. The van der Waals surface area contributed by atoms with E-state index in [4.69, 9.17) is 0 Å². The number of rotatable bonds is 3. The quantitative estimate of drug-likeness (QED) is 0.852. The second-order valence-electron chi connectivity index (χ2n) is 3.86. The van der Waals surface area contributed by atoms with Crippen molar-refractivity contribution in [1.29, 1.82) is 0 Å². The van der Waals surface area contributed by atoms with Crippen LogP contribution < -0.4 is 5.32 Å². The van der Waals surface area contributed by atoms with Crippen LogP contribution in [0.2, 0.25) is 0 Å². The largest absolute Gasteiger partial charge is 0.508 e. The van der Waals surface area contributed by atoms with Crippen LogP contribution in [0.1, 0.15) is 11.1 Å². The van der Waals surface area contributed by atoms with Crippen LogP contribution in [0, 0.1) is 6.92 Å². The predicted molar refractivity (Wildman–Crippen MR) is 72.1 cm³/mol. The Morgan fingerprint density at radius 2 is 2.12 bits per heavy atom. The molecule has 2 aromatic rings. The summed E-state index contributed by atoms with van der Waals surface area (Å²) in [6.07, 6.45) is 3.59. The van der Waals surface area contributed by atoms with E-state index < -0.39 is 0 Å². The van der Waals surface area contributed by atoms with E-state index >= 15 is 0 Å². The second-order valence-corrected chi connectivity index (χ2v) is 4.78. The molecule has 0 fully saturated rings. The molecule has 1 aromatic carbocycles. The number of aryl methyl sites for hydroxylation is 1. The number of nitrogens with one attached hydrogen (secondary N) is 1. The zero-order chi connectivity index (χ0) is 12.3. The summed E-state index contributed by atoms with van der Waals surface area (Å²) in [6.45, 7) is 2.67. The number of halogens is 1. The van der Waals surface area contributed by atoms with Crippen molar-refractivity contribution >= 4 is 21.6 Å². The number of pyridine rings is 1. The molecule has 17 heavy (non-hydrogen) atoms. The lowest BCUT2D eigenvalue weighted by atomic mass is 10.2. The molecule has 0 saturated heterocycles. The summed E-state index contributed by atoms with van der Waals surface area (Å²) in [5, 5.41) is 12.6. The van der Waals surface area contributed by atoms with Gasteiger partial charge in [0.1, 0.15) is 5.75 Å². The molecule has 0 bridgehead atoms. The molecule has 1 aromatic heterocycles. The third-order valence-corrected chi connectivity index (χ3v) is 2.89. The third kappa shape index (κ3) is 3.20. The Morgan fingerprint density at radius 3 is 2.82 bits per heavy atom. The number of nitrogens with zero attached hydrogens (tertiary/aromatic N) is 1. The van der Waals surface area contributed by atoms with Gasteiger partial charge in [0, 0.05) is 29.1 Å². The molecule has 0 aliphatic carbocycles. The number of benzene rings is 1. The van der Waals surface area contributed by atoms with Crippen molar-refractivity contribution in [3.63, 3.8) is 0 Å². The first-order valence-electron chi connectivity index (χ1n) is 5.28. The molecular formula is C13H13BrN2O. The summed E-state index contributed by atoms with van der Waals surface area (Å²) in [5.41, 5.74) is 3.14. The highest BCUT2D eigenvalue weighted by Crippen LogP contribution is 2.21. The van der Waals surface area contributed by atoms with Gasteiger partial charge in [0.25, 0.3) is 0 Å². The maximum Gasteiger partial charge on any atom is 0.115 e. The van der Waals surface area contributed by atoms with E-state index in [1.165, 1.54) is 0 Å². The first-order valence-corrected chi connectivity index (χ1v) is 6.07. The first-order chi connectivity index (χ1) is 8.15. The van der Waals surface area contributed by atoms with Crippen molar-refractivity contribution < 1.29 is 5.11 Å². The van der Waals surface area contributed by atoms with Crippen LogP contribution in [0.3, 0.4) is 0 Å². The normalized spacial score (nSPS) is 10.2. The van der Waals surface area contributed by atoms with Crippen LogP contribution in [0.25, 0.3) is 0 Å². The SMILES string of the molecule is Cc1cc(O)ccc1NCc1cncc(Br)c1. The Hall–Kier alpha value is -1.55. The first kappa shape index (κ1) is 11.9. The summed E-state index contributed by atoms with van der Waals surface area (Å²) in [7, 11) is 0. The van der Waals surface area contributed by atoms with E-state index in [-0.39, 0.29) is 5.75 Å². The number of phenolic OH excluding ortho intramolecular Hbond substituents is 1. The molecular weight excluding hydrogens is 280 g/mol. The van der Waals surface area contributed by atoms with Gasteiger partial charge in [-0.1, -0.05) is 0 Å². The molecule has 0 aliphatic heterocycles. The summed E-state index contributed by atoms with van der Waals surface area (Å²) in [6, 6.07) is 7.31. The minimum absolute atomic E-state index is 0.289. The molecule has 0 atom stereocenters. The Balaban J connectivity index is 2.07. The van der Waals surface area contributed by atoms with E-state index in [0.29, 0.717) is 6.54 Å². The van der Waals surface area contributed by atoms with E-state index in [2.05, 4.69) is 26.2 Å². The highest BCUT2D eigenvalue weighted by atomic mass is 79.9. The lowest BCUT2D eigenvalue weighted by Crippen LogP contribution is -2.01. The molecule has 0 saturated carbocycles. The van der Waals surface area contributed by atoms with Crippen molar-refractivity contribution in [2.45, 2.75) is 13.5 Å². The monoisotopic (exact) mass is 292 g/mol. The number of aromatic hydroxyl groups is 1. The molecule has 2 N–H and O–H groups in total. The fraction of sp³-hybridized carbons (Fsp3) is 0.154. The van der Waals surface area contributed by atoms with E-state index in [9.17, 15) is 5.11 Å². The molecule has 0 amide bonds. The fourth-order valence-corrected chi connectivity index (χ4v) is 2.01. The average Bonchev–Trinajstić information content (AvgIpc) is 2.28. The summed E-state index contributed by atoms with van der Waals surface area (Å²) in [5.74, 6) is 0.289. The Morgan fingerprint density at radius 1 is 1.29 bits per heavy atom. The average molecular weight is 293 g/mol. The van der Waals surface area contributed by atoms with Gasteiger partial charge in [-0.25, -0.2) is 0 Å². The topological polar surface area (TPSA) is 45.1 Å². The number of anilines is 1. The van der Waals surface area contributed by atoms with Crippen molar-refractivity contribution in [1.82, 2.24) is 4.98 Å². The van der Waals surface area contributed by atoms with E-state index in [0.717, 1.165) is 21.3 Å². The van der Waals surface area contributed by atoms with E-state index in [1.807, 2.05) is 25.3 Å². The van der Waals surface area contributed by atoms with Gasteiger partial charge in [0.2, 0.25) is 0 Å². The van der Waals surface area contributed by atoms with Gasteiger partial charge in [0.05, 0.1) is 0 Å². The van der Waals surface area contributed by atoms with Crippen LogP contribution >= 0.6 is 15.9 Å². The lowest BCUT2D eigenvalue weighted by molar-refractivity contribution is 0.475. The van der Waals surface area contributed by atoms with Crippen molar-refractivity contribution in [3.8, 4) is 5.75 Å². The number of aromatic nitrogens is 1. The van der Waals surface area contributed by atoms with Crippen LogP contribution in [0.4, 0.5) is 5.69 Å². The molecule has 1 heterocycles. The highest BCUT2D eigenvalue weighted by molar-refractivity contribution is 9.10. The van der Waals surface area contributed by atoms with Crippen molar-refractivity contribution in [2.75, 3.05) is 5.32 Å². The Labute approximate surface area is 109 Å². The van der Waals surface area contributed by atoms with Gasteiger partial charge in [-0.05, 0) is 58.2 Å². The van der Waals surface area contributed by atoms with Crippen molar-refractivity contribution in [2.24, 2.45) is 0 Å². The molecule has 4 heteroatoms. The van der Waals surface area contributed by atoms with Gasteiger partial charge in [-0.2, -0.15) is 0 Å². The minimum atomic E-state index is 0.289. The van der Waals surface area contributed by atoms with Gasteiger partial charge in [-0.15, -0.1) is 0 Å². The zero-order valence-corrected chi connectivity index (χ0v) is 11.0. The molecule has 0 aliphatic rings. The second kappa shape index (κ2) is 5.19. The van der Waals surface area contributed by atoms with E-state index in [1.54, 1.807) is 18.3 Å². The number of hydrogen-bond acceptors (Lipinski definition) is 3. The summed E-state index contributed by atoms with van der Waals surface area (Å²) < 4.78 is 0.972. The number of phenols is 1. The van der Waals surface area contributed by atoms with Crippen molar-refractivity contribution in [3.05, 3.63) is 52.3 Å². The minimum Gasteiger partial charge on any atom is -0.508 e. The molecule has 0 unspecified atom stereocenters. The van der Waals surface area contributed by atoms with Crippen LogP contribution in [-0.2, 0) is 6.54 Å². The Bertz CT molecular complexity index is 529. The van der Waals surface area contributed by atoms with Crippen LogP contribution in [0.15, 0.2) is 41.1 Å². The molecule has 0 spiro atoms. The molecule has 88 valence electrons. The molecule has 3 nitrogen and oxygen atoms in total. The number of hydrogen-bond donors (Lipinski definition) is 2. The van der Waals surface area contributed by atoms with Gasteiger partial charge >= 0.3 is 0 Å². The highest BCUT2D eigenvalue weighted by Gasteiger charge is 2.00. The van der Waals surface area contributed by atoms with Crippen LogP contribution in [0.5, 0.6) is 5.75 Å². The molecule has 0 radical (unpaired) electrons. The van der Waals surface area contributed by atoms with Gasteiger partial charge in [0.15, 0.2) is 0 Å². The summed E-state index contributed by atoms with van der Waals surface area (Å²) >= 11 is 3.39. The third-order valence-electron chi connectivity index (χ3n) is 2.45. The zero-order valence-electron chi connectivity index (χ0n) is 9.44. The van der Waals surface area contributed by atoms with Crippen LogP contribution in [-0.4, -0.2) is 10.1 Å². The smallest absolute Gasteiger partial charge is 0.115 e. The lowest BCUT2D eigenvalue weighted by Gasteiger charge is -2.09. The Kier molecular flexibility index (Phi) is 3.64. The van der Waals surface area contributed by atoms with Gasteiger partial charge in [-0.3, -0.25) is 4.98 Å². The van der Waals surface area contributed by atoms with Gasteiger partial charge < -0.3 is 10.4 Å². The maximum absolute atomic E-state index is 9.32. The molecule has 2 rings (SSSR count). The maximum atomic E-state index is 9.32. The predicted octanol–water partition coefficient (Wildman–Crippen LogP) is 3.47. The standard InChI is InChI=1S/C13H13BrN2O/c1-9-4-12(17)2-3-13(9)16-7-10-5-11(14)8-15-6-10/h2-6,8,16-17H,7H2,1H3. The summed E-state index contributed by atoms with van der Waals surface area (Å²) in [4.78, 5) is 4.11.